The second-order valence-electron chi connectivity index (χ2n) is 6.47. The van der Waals surface area contributed by atoms with Gasteiger partial charge in [0.15, 0.2) is 34.8 Å². The molecule has 5 nitrogen and oxygen atoms in total. The quantitative estimate of drug-likeness (QED) is 0.212. The van der Waals surface area contributed by atoms with Crippen molar-refractivity contribution in [2.45, 2.75) is 20.8 Å². The van der Waals surface area contributed by atoms with Gasteiger partial charge in [-0.05, 0) is 44.5 Å². The number of nitrogens with zero attached hydrogens (tertiary/aromatic N) is 2. The molecular formula is C21H16BrF5N2O3. The van der Waals surface area contributed by atoms with Gasteiger partial charge in [-0.15, -0.1) is 0 Å². The van der Waals surface area contributed by atoms with Crippen LogP contribution in [0.15, 0.2) is 27.3 Å². The van der Waals surface area contributed by atoms with Crippen molar-refractivity contribution in [2.75, 3.05) is 18.2 Å². The van der Waals surface area contributed by atoms with Crippen LogP contribution in [-0.2, 0) is 4.79 Å². The topological polar surface area (TPSA) is 51.1 Å². The summed E-state index contributed by atoms with van der Waals surface area (Å²) in [5, 5.41) is 3.87. The van der Waals surface area contributed by atoms with Crippen molar-refractivity contribution in [3.63, 3.8) is 0 Å². The van der Waals surface area contributed by atoms with Gasteiger partial charge in [-0.1, -0.05) is 15.9 Å². The predicted octanol–water partition coefficient (Wildman–Crippen LogP) is 5.75. The highest BCUT2D eigenvalue weighted by atomic mass is 79.9. The van der Waals surface area contributed by atoms with Crippen LogP contribution in [0.1, 0.15) is 26.3 Å². The van der Waals surface area contributed by atoms with Crippen LogP contribution in [-0.4, -0.2) is 24.8 Å². The molecule has 0 fully saturated rings. The van der Waals surface area contributed by atoms with Crippen molar-refractivity contribution in [1.82, 2.24) is 0 Å². The van der Waals surface area contributed by atoms with Crippen molar-refractivity contribution < 1.29 is 36.2 Å². The van der Waals surface area contributed by atoms with Crippen LogP contribution in [0, 0.1) is 29.1 Å². The molecule has 1 aliphatic rings. The third kappa shape index (κ3) is 4.08. The van der Waals surface area contributed by atoms with Crippen LogP contribution in [0.25, 0.3) is 6.08 Å². The number of hydrogen-bond donors (Lipinski definition) is 0. The molecule has 1 heterocycles. The Hall–Kier alpha value is -2.95. The number of anilines is 1. The smallest absolute Gasteiger partial charge is 0.280 e. The van der Waals surface area contributed by atoms with Gasteiger partial charge in [0.25, 0.3) is 5.91 Å². The van der Waals surface area contributed by atoms with Crippen LogP contribution < -0.4 is 14.5 Å². The molecule has 0 atom stereocenters. The van der Waals surface area contributed by atoms with Crippen molar-refractivity contribution in [3.8, 4) is 11.5 Å². The molecule has 2 aromatic carbocycles. The average molecular weight is 519 g/mol. The number of benzene rings is 2. The highest BCUT2D eigenvalue weighted by Gasteiger charge is 2.37. The first-order chi connectivity index (χ1) is 15.1. The van der Waals surface area contributed by atoms with E-state index in [4.69, 9.17) is 9.47 Å². The van der Waals surface area contributed by atoms with Crippen molar-refractivity contribution in [2.24, 2.45) is 5.10 Å². The maximum atomic E-state index is 14.2. The van der Waals surface area contributed by atoms with E-state index in [2.05, 4.69) is 21.0 Å². The molecule has 0 N–H and O–H groups in total. The molecule has 1 aliphatic heterocycles. The molecule has 170 valence electrons. The Labute approximate surface area is 188 Å². The first-order valence-electron chi connectivity index (χ1n) is 9.34. The minimum atomic E-state index is -2.33. The number of halogens is 6. The van der Waals surface area contributed by atoms with E-state index in [1.807, 2.05) is 0 Å². The van der Waals surface area contributed by atoms with Crippen LogP contribution >= 0.6 is 15.9 Å². The molecule has 1 amide bonds. The lowest BCUT2D eigenvalue weighted by molar-refractivity contribution is -0.114. The molecule has 0 saturated heterocycles. The molecule has 0 spiro atoms. The molecular weight excluding hydrogens is 503 g/mol. The van der Waals surface area contributed by atoms with E-state index in [1.54, 1.807) is 26.0 Å². The molecule has 0 radical (unpaired) electrons. The van der Waals surface area contributed by atoms with Gasteiger partial charge in [-0.2, -0.15) is 10.1 Å². The molecule has 11 heteroatoms. The summed E-state index contributed by atoms with van der Waals surface area (Å²) in [6.07, 6.45) is 1.36. The molecule has 0 aliphatic carbocycles. The number of carbonyl (C=O) groups is 1. The summed E-state index contributed by atoms with van der Waals surface area (Å²) in [7, 11) is 0. The fraction of sp³-hybridized carbons (Fsp3) is 0.238. The lowest BCUT2D eigenvalue weighted by Crippen LogP contribution is -2.25. The summed E-state index contributed by atoms with van der Waals surface area (Å²) >= 11 is 3.35. The number of amides is 1. The van der Waals surface area contributed by atoms with E-state index in [9.17, 15) is 26.7 Å². The minimum Gasteiger partial charge on any atom is -0.490 e. The van der Waals surface area contributed by atoms with Gasteiger partial charge in [0, 0.05) is 4.47 Å². The molecule has 3 rings (SSSR count). The number of hydrazone groups is 1. The van der Waals surface area contributed by atoms with Crippen LogP contribution in [0.2, 0.25) is 0 Å². The van der Waals surface area contributed by atoms with Crippen LogP contribution in [0.3, 0.4) is 0 Å². The van der Waals surface area contributed by atoms with Crippen molar-refractivity contribution >= 4 is 39.3 Å². The summed E-state index contributed by atoms with van der Waals surface area (Å²) in [5.41, 5.74) is -1.11. The van der Waals surface area contributed by atoms with Gasteiger partial charge >= 0.3 is 0 Å². The highest BCUT2D eigenvalue weighted by molar-refractivity contribution is 9.10. The summed E-state index contributed by atoms with van der Waals surface area (Å²) in [6, 6.07) is 3.20. The maximum absolute atomic E-state index is 14.2. The lowest BCUT2D eigenvalue weighted by Gasteiger charge is -2.15. The summed E-state index contributed by atoms with van der Waals surface area (Å²) in [6.45, 7) is 5.65. The van der Waals surface area contributed by atoms with Crippen molar-refractivity contribution in [3.05, 3.63) is 56.8 Å². The van der Waals surface area contributed by atoms with Gasteiger partial charge in [-0.25, -0.2) is 22.0 Å². The Morgan fingerprint density at radius 2 is 1.44 bits per heavy atom. The number of carbonyl (C=O) groups excluding carboxylic acids is 1. The number of rotatable bonds is 6. The van der Waals surface area contributed by atoms with Crippen LogP contribution in [0.4, 0.5) is 27.6 Å². The van der Waals surface area contributed by atoms with E-state index in [0.717, 1.165) is 0 Å². The van der Waals surface area contributed by atoms with E-state index < -0.39 is 40.7 Å². The van der Waals surface area contributed by atoms with Gasteiger partial charge in [0.05, 0.1) is 24.5 Å². The van der Waals surface area contributed by atoms with Gasteiger partial charge in [-0.3, -0.25) is 4.79 Å². The summed E-state index contributed by atoms with van der Waals surface area (Å²) in [5.74, 6) is -11.2. The average Bonchev–Trinajstić information content (AvgIpc) is 3.02. The molecule has 0 bridgehead atoms. The fourth-order valence-corrected chi connectivity index (χ4v) is 3.41. The van der Waals surface area contributed by atoms with E-state index in [1.165, 1.54) is 13.0 Å². The molecule has 0 unspecified atom stereocenters. The third-order valence-corrected chi connectivity index (χ3v) is 5.11. The first-order valence-corrected chi connectivity index (χ1v) is 10.1. The standard InChI is InChI=1S/C21H16BrF5N2O3/c1-4-31-13-7-10(12(22)8-14(13)32-5-2)6-11-9(3)28-29(21(11)30)20-18(26)16(24)15(23)17(25)19(20)27/h6-8H,4-5H2,1-3H3/b11-6+. The summed E-state index contributed by atoms with van der Waals surface area (Å²) in [4.78, 5) is 12.8. The second kappa shape index (κ2) is 9.27. The highest BCUT2D eigenvalue weighted by Crippen LogP contribution is 2.37. The third-order valence-electron chi connectivity index (χ3n) is 4.42. The zero-order valence-corrected chi connectivity index (χ0v) is 18.6. The van der Waals surface area contributed by atoms with Crippen molar-refractivity contribution in [1.29, 1.82) is 0 Å². The molecule has 0 saturated carbocycles. The summed E-state index contributed by atoms with van der Waals surface area (Å²) < 4.78 is 80.5. The predicted molar refractivity (Wildman–Crippen MR) is 111 cm³/mol. The second-order valence-corrected chi connectivity index (χ2v) is 7.32. The zero-order chi connectivity index (χ0) is 23.7. The SMILES string of the molecule is CCOc1cc(Br)c(/C=C2/C(=O)N(c3c(F)c(F)c(F)c(F)c3F)N=C2C)cc1OCC. The number of ether oxygens (including phenoxy) is 2. The van der Waals surface area contributed by atoms with Gasteiger partial charge in [0.2, 0.25) is 5.82 Å². The van der Waals surface area contributed by atoms with Gasteiger partial charge in [0.1, 0.15) is 5.69 Å². The van der Waals surface area contributed by atoms with E-state index in [0.29, 0.717) is 34.7 Å². The Morgan fingerprint density at radius 3 is 1.97 bits per heavy atom. The zero-order valence-electron chi connectivity index (χ0n) is 17.0. The molecule has 32 heavy (non-hydrogen) atoms. The minimum absolute atomic E-state index is 0.0117. The van der Waals surface area contributed by atoms with E-state index in [-0.39, 0.29) is 16.3 Å². The Morgan fingerprint density at radius 1 is 0.938 bits per heavy atom. The molecule has 0 aromatic heterocycles. The maximum Gasteiger partial charge on any atom is 0.280 e. The number of hydrogen-bond acceptors (Lipinski definition) is 4. The fourth-order valence-electron chi connectivity index (χ4n) is 2.97. The largest absolute Gasteiger partial charge is 0.490 e. The Kier molecular flexibility index (Phi) is 6.87. The Bertz CT molecular complexity index is 1140. The lowest BCUT2D eigenvalue weighted by atomic mass is 10.1. The van der Waals surface area contributed by atoms with Crippen LogP contribution in [0.5, 0.6) is 11.5 Å². The van der Waals surface area contributed by atoms with Gasteiger partial charge < -0.3 is 9.47 Å². The monoisotopic (exact) mass is 518 g/mol. The Balaban J connectivity index is 2.08. The molecule has 2 aromatic rings. The van der Waals surface area contributed by atoms with E-state index >= 15 is 0 Å². The normalized spacial score (nSPS) is 14.9. The first kappa shape index (κ1) is 23.7.